The Kier molecular flexibility index (Phi) is 6.50. The summed E-state index contributed by atoms with van der Waals surface area (Å²) in [7, 11) is -2.90. The van der Waals surface area contributed by atoms with Gasteiger partial charge in [0, 0.05) is 28.5 Å². The van der Waals surface area contributed by atoms with Gasteiger partial charge in [0.1, 0.15) is 6.10 Å². The van der Waals surface area contributed by atoms with Gasteiger partial charge in [0.2, 0.25) is 0 Å². The molecule has 24 heavy (non-hydrogen) atoms. The Morgan fingerprint density at radius 1 is 0.958 bits per heavy atom. The average molecular weight is 345 g/mol. The zero-order chi connectivity index (χ0) is 17.5. The maximum absolute atomic E-state index is 12.3. The quantitative estimate of drug-likeness (QED) is 0.580. The van der Waals surface area contributed by atoms with Crippen LogP contribution in [-0.2, 0) is 9.09 Å². The van der Waals surface area contributed by atoms with Gasteiger partial charge in [-0.1, -0.05) is 60.2 Å². The third-order valence-electron chi connectivity index (χ3n) is 3.53. The predicted molar refractivity (Wildman–Crippen MR) is 90.2 cm³/mol. The van der Waals surface area contributed by atoms with E-state index in [1.54, 1.807) is 42.5 Å². The molecular weight excluding hydrogens is 327 g/mol. The number of Topliss-reactive ketones (excluding diaryl/α,β-unsaturated/α-hetero) is 2. The first-order valence-corrected chi connectivity index (χ1v) is 8.60. The molecule has 0 saturated heterocycles. The van der Waals surface area contributed by atoms with Gasteiger partial charge in [0.05, 0.1) is 0 Å². The van der Waals surface area contributed by atoms with E-state index in [-0.39, 0.29) is 24.4 Å². The standard InChI is InChI=1S/C18H17O5P/c1-13-7-9-15(10-8-13)18(20)12-16(23-24(21)22)11-17(19)14-5-3-2-4-6-14/h2-10,16H,11-12H2,1H3/p+1. The third-order valence-corrected chi connectivity index (χ3v) is 4.01. The van der Waals surface area contributed by atoms with E-state index in [0.29, 0.717) is 11.1 Å². The van der Waals surface area contributed by atoms with Gasteiger partial charge in [0.15, 0.2) is 11.6 Å². The molecule has 124 valence electrons. The van der Waals surface area contributed by atoms with Gasteiger partial charge < -0.3 is 0 Å². The van der Waals surface area contributed by atoms with Crippen molar-refractivity contribution in [2.24, 2.45) is 0 Å². The van der Waals surface area contributed by atoms with Crippen molar-refractivity contribution in [2.75, 3.05) is 0 Å². The highest BCUT2D eigenvalue weighted by atomic mass is 31.1. The highest BCUT2D eigenvalue weighted by molar-refractivity contribution is 7.32. The van der Waals surface area contributed by atoms with Crippen LogP contribution in [0.1, 0.15) is 39.1 Å². The molecule has 0 bridgehead atoms. The number of aryl methyl sites for hydroxylation is 1. The van der Waals surface area contributed by atoms with Crippen molar-refractivity contribution in [3.63, 3.8) is 0 Å². The summed E-state index contributed by atoms with van der Waals surface area (Å²) in [6.45, 7) is 1.91. The number of hydrogen-bond donors (Lipinski definition) is 1. The molecule has 6 heteroatoms. The zero-order valence-electron chi connectivity index (χ0n) is 13.2. The van der Waals surface area contributed by atoms with Crippen LogP contribution in [0.25, 0.3) is 0 Å². The van der Waals surface area contributed by atoms with Crippen molar-refractivity contribution in [3.05, 3.63) is 71.3 Å². The van der Waals surface area contributed by atoms with E-state index in [2.05, 4.69) is 0 Å². The molecule has 0 saturated carbocycles. The molecule has 0 spiro atoms. The van der Waals surface area contributed by atoms with E-state index in [9.17, 15) is 14.2 Å². The Morgan fingerprint density at radius 3 is 1.96 bits per heavy atom. The van der Waals surface area contributed by atoms with Crippen LogP contribution < -0.4 is 0 Å². The van der Waals surface area contributed by atoms with Gasteiger partial charge in [-0.2, -0.15) is 0 Å². The second-order valence-corrected chi connectivity index (χ2v) is 6.14. The Morgan fingerprint density at radius 2 is 1.46 bits per heavy atom. The Bertz CT molecular complexity index is 725. The number of rotatable bonds is 8. The van der Waals surface area contributed by atoms with Crippen LogP contribution >= 0.6 is 8.25 Å². The molecule has 2 atom stereocenters. The maximum Gasteiger partial charge on any atom is 0.695 e. The first-order chi connectivity index (χ1) is 11.5. The maximum atomic E-state index is 12.3. The molecule has 1 N–H and O–H groups in total. The van der Waals surface area contributed by atoms with E-state index in [4.69, 9.17) is 9.42 Å². The molecule has 0 heterocycles. The molecule has 0 amide bonds. The van der Waals surface area contributed by atoms with E-state index in [1.165, 1.54) is 0 Å². The van der Waals surface area contributed by atoms with Crippen LogP contribution in [0.15, 0.2) is 54.6 Å². The van der Waals surface area contributed by atoms with E-state index < -0.39 is 14.4 Å². The normalized spacial score (nSPS) is 12.5. The average Bonchev–Trinajstić information content (AvgIpc) is 2.55. The number of hydrogen-bond acceptors (Lipinski definition) is 4. The van der Waals surface area contributed by atoms with Crippen LogP contribution in [0.4, 0.5) is 0 Å². The molecule has 5 nitrogen and oxygen atoms in total. The predicted octanol–water partition coefficient (Wildman–Crippen LogP) is 3.88. The Labute approximate surface area is 141 Å². The van der Waals surface area contributed by atoms with Crippen molar-refractivity contribution in [2.45, 2.75) is 25.9 Å². The number of carbonyl (C=O) groups is 2. The monoisotopic (exact) mass is 345 g/mol. The molecular formula is C18H18O5P+. The number of benzene rings is 2. The molecule has 2 aromatic carbocycles. The lowest BCUT2D eigenvalue weighted by Crippen LogP contribution is -2.19. The Hall–Kier alpha value is -2.20. The minimum absolute atomic E-state index is 0.136. The summed E-state index contributed by atoms with van der Waals surface area (Å²) in [6, 6.07) is 15.5. The third kappa shape index (κ3) is 5.46. The summed E-state index contributed by atoms with van der Waals surface area (Å²) >= 11 is 0. The molecule has 0 aliphatic heterocycles. The summed E-state index contributed by atoms with van der Waals surface area (Å²) in [5, 5.41) is 0. The number of ketones is 2. The van der Waals surface area contributed by atoms with E-state index in [1.807, 2.05) is 19.1 Å². The molecule has 2 rings (SSSR count). The largest absolute Gasteiger partial charge is 0.695 e. The summed E-state index contributed by atoms with van der Waals surface area (Å²) in [4.78, 5) is 33.5. The lowest BCUT2D eigenvalue weighted by molar-refractivity contribution is 0.0831. The van der Waals surface area contributed by atoms with Crippen LogP contribution in [0.2, 0.25) is 0 Å². The number of carbonyl (C=O) groups excluding carboxylic acids is 2. The van der Waals surface area contributed by atoms with E-state index in [0.717, 1.165) is 5.56 Å². The van der Waals surface area contributed by atoms with Gasteiger partial charge in [-0.25, -0.2) is 0 Å². The summed E-state index contributed by atoms with van der Waals surface area (Å²) in [5.41, 5.74) is 1.98. The fourth-order valence-electron chi connectivity index (χ4n) is 2.29. The molecule has 2 unspecified atom stereocenters. The van der Waals surface area contributed by atoms with Gasteiger partial charge in [-0.15, -0.1) is 9.42 Å². The molecule has 0 aliphatic carbocycles. The van der Waals surface area contributed by atoms with Crippen molar-refractivity contribution in [1.82, 2.24) is 0 Å². The van der Waals surface area contributed by atoms with Crippen molar-refractivity contribution in [3.8, 4) is 0 Å². The van der Waals surface area contributed by atoms with Gasteiger partial charge in [-0.3, -0.25) is 9.59 Å². The summed E-state index contributed by atoms with van der Waals surface area (Å²) in [6.07, 6.45) is -1.22. The molecule has 0 aromatic heterocycles. The van der Waals surface area contributed by atoms with Crippen LogP contribution in [0.5, 0.6) is 0 Å². The van der Waals surface area contributed by atoms with Crippen molar-refractivity contribution in [1.29, 1.82) is 0 Å². The lowest BCUT2D eigenvalue weighted by Gasteiger charge is -2.09. The molecule has 2 aromatic rings. The van der Waals surface area contributed by atoms with Gasteiger partial charge in [0.25, 0.3) is 0 Å². The van der Waals surface area contributed by atoms with E-state index >= 15 is 0 Å². The van der Waals surface area contributed by atoms with Crippen LogP contribution in [-0.4, -0.2) is 22.6 Å². The fraction of sp³-hybridized carbons (Fsp3) is 0.222. The summed E-state index contributed by atoms with van der Waals surface area (Å²) < 4.78 is 15.9. The highest BCUT2D eigenvalue weighted by Crippen LogP contribution is 2.24. The SMILES string of the molecule is Cc1ccc(C(=O)CC(CC(=O)c2ccccc2)O[P+](=O)O)cc1. The van der Waals surface area contributed by atoms with Crippen molar-refractivity contribution < 1.29 is 23.6 Å². The van der Waals surface area contributed by atoms with Gasteiger partial charge >= 0.3 is 8.25 Å². The zero-order valence-corrected chi connectivity index (χ0v) is 14.1. The smallest absolute Gasteiger partial charge is 0.294 e. The fourth-order valence-corrected chi connectivity index (χ4v) is 2.69. The Balaban J connectivity index is 2.07. The second-order valence-electron chi connectivity index (χ2n) is 5.45. The van der Waals surface area contributed by atoms with Crippen LogP contribution in [0, 0.1) is 6.92 Å². The first kappa shape index (κ1) is 18.1. The first-order valence-electron chi connectivity index (χ1n) is 7.46. The molecule has 0 fully saturated rings. The minimum Gasteiger partial charge on any atom is -0.294 e. The van der Waals surface area contributed by atoms with Crippen molar-refractivity contribution >= 4 is 19.8 Å². The van der Waals surface area contributed by atoms with Gasteiger partial charge in [-0.05, 0) is 6.92 Å². The second kappa shape index (κ2) is 8.60. The van der Waals surface area contributed by atoms with Crippen LogP contribution in [0.3, 0.4) is 0 Å². The topological polar surface area (TPSA) is 80.7 Å². The molecule has 0 radical (unpaired) electrons. The molecule has 0 aliphatic rings. The summed E-state index contributed by atoms with van der Waals surface area (Å²) in [5.74, 6) is -0.480. The minimum atomic E-state index is -2.90. The lowest BCUT2D eigenvalue weighted by atomic mass is 9.99. The highest BCUT2D eigenvalue weighted by Gasteiger charge is 2.28.